The van der Waals surface area contributed by atoms with Crippen molar-refractivity contribution in [1.29, 1.82) is 0 Å². The highest BCUT2D eigenvalue weighted by atomic mass is 32.2. The van der Waals surface area contributed by atoms with E-state index in [1.165, 1.54) is 11.3 Å². The Morgan fingerprint density at radius 1 is 1.38 bits per heavy atom. The molecular weight excluding hydrogens is 304 g/mol. The van der Waals surface area contributed by atoms with Gasteiger partial charge in [0.25, 0.3) is 0 Å². The van der Waals surface area contributed by atoms with Crippen molar-refractivity contribution in [1.82, 2.24) is 9.62 Å². The fraction of sp³-hybridized carbons (Fsp3) is 0.733. The van der Waals surface area contributed by atoms with Crippen LogP contribution in [0, 0.1) is 0 Å². The van der Waals surface area contributed by atoms with Crippen LogP contribution >= 0.6 is 11.3 Å². The third-order valence-corrected chi connectivity index (χ3v) is 7.02. The molecule has 1 aromatic heterocycles. The van der Waals surface area contributed by atoms with Crippen molar-refractivity contribution in [2.75, 3.05) is 13.1 Å². The molecule has 6 heteroatoms. The minimum atomic E-state index is -3.32. The molecule has 1 aliphatic heterocycles. The first-order chi connectivity index (χ1) is 10.1. The Morgan fingerprint density at radius 2 is 2.19 bits per heavy atom. The summed E-state index contributed by atoms with van der Waals surface area (Å²) in [5.41, 5.74) is 0. The molecule has 2 rings (SSSR count). The van der Waals surface area contributed by atoms with Gasteiger partial charge in [-0.05, 0) is 38.3 Å². The van der Waals surface area contributed by atoms with Crippen LogP contribution < -0.4 is 5.32 Å². The maximum atomic E-state index is 12.8. The van der Waals surface area contributed by atoms with E-state index in [1.807, 2.05) is 6.07 Å². The van der Waals surface area contributed by atoms with Gasteiger partial charge >= 0.3 is 0 Å². The third kappa shape index (κ3) is 4.06. The Labute approximate surface area is 132 Å². The second-order valence-corrected chi connectivity index (χ2v) is 8.49. The molecule has 120 valence electrons. The van der Waals surface area contributed by atoms with Gasteiger partial charge in [0.1, 0.15) is 0 Å². The van der Waals surface area contributed by atoms with Crippen LogP contribution in [0.1, 0.15) is 50.8 Å². The van der Waals surface area contributed by atoms with Crippen molar-refractivity contribution in [2.45, 2.75) is 63.4 Å². The van der Waals surface area contributed by atoms with Crippen LogP contribution in [-0.2, 0) is 16.6 Å². The molecule has 0 bridgehead atoms. The van der Waals surface area contributed by atoms with Crippen molar-refractivity contribution in [2.24, 2.45) is 0 Å². The first kappa shape index (κ1) is 16.9. The number of thiophene rings is 1. The lowest BCUT2D eigenvalue weighted by atomic mass is 10.0. The zero-order valence-corrected chi connectivity index (χ0v) is 14.6. The molecule has 0 spiro atoms. The summed E-state index contributed by atoms with van der Waals surface area (Å²) >= 11 is 1.53. The standard InChI is InChI=1S/C15H26N2O2S2/c1-3-8-16-11-14-10-15(12-20-14)21(18,19)17-9-6-5-7-13(17)4-2/h10,12-13,16H,3-9,11H2,1-2H3. The molecule has 21 heavy (non-hydrogen) atoms. The minimum Gasteiger partial charge on any atom is -0.312 e. The van der Waals surface area contributed by atoms with Gasteiger partial charge in [-0.15, -0.1) is 11.3 Å². The Balaban J connectivity index is 2.11. The Bertz CT molecular complexity index is 540. The summed E-state index contributed by atoms with van der Waals surface area (Å²) in [6.07, 6.45) is 5.09. The average molecular weight is 331 g/mol. The fourth-order valence-corrected chi connectivity index (χ4v) is 5.81. The highest BCUT2D eigenvalue weighted by Gasteiger charge is 2.32. The highest BCUT2D eigenvalue weighted by Crippen LogP contribution is 2.29. The zero-order valence-electron chi connectivity index (χ0n) is 13.0. The van der Waals surface area contributed by atoms with Crippen LogP contribution in [0.15, 0.2) is 16.3 Å². The molecule has 0 aromatic carbocycles. The van der Waals surface area contributed by atoms with Gasteiger partial charge in [0.05, 0.1) is 4.90 Å². The van der Waals surface area contributed by atoms with Crippen molar-refractivity contribution < 1.29 is 8.42 Å². The maximum Gasteiger partial charge on any atom is 0.244 e. The lowest BCUT2D eigenvalue weighted by Crippen LogP contribution is -2.43. The maximum absolute atomic E-state index is 12.8. The van der Waals surface area contributed by atoms with Crippen molar-refractivity contribution in [3.8, 4) is 0 Å². The summed E-state index contributed by atoms with van der Waals surface area (Å²) < 4.78 is 27.3. The van der Waals surface area contributed by atoms with E-state index in [0.717, 1.165) is 50.1 Å². The molecule has 4 nitrogen and oxygen atoms in total. The van der Waals surface area contributed by atoms with Crippen LogP contribution in [-0.4, -0.2) is 31.9 Å². The van der Waals surface area contributed by atoms with Crippen LogP contribution in [0.4, 0.5) is 0 Å². The monoisotopic (exact) mass is 330 g/mol. The van der Waals surface area contributed by atoms with Crippen LogP contribution in [0.5, 0.6) is 0 Å². The summed E-state index contributed by atoms with van der Waals surface area (Å²) in [6, 6.07) is 2.01. The second-order valence-electron chi connectivity index (χ2n) is 5.60. The van der Waals surface area contributed by atoms with E-state index in [-0.39, 0.29) is 6.04 Å². The van der Waals surface area contributed by atoms with Crippen molar-refractivity contribution in [3.05, 3.63) is 16.3 Å². The largest absolute Gasteiger partial charge is 0.312 e. The van der Waals surface area contributed by atoms with Crippen LogP contribution in [0.2, 0.25) is 0 Å². The molecule has 0 saturated carbocycles. The summed E-state index contributed by atoms with van der Waals surface area (Å²) in [5, 5.41) is 5.11. The number of hydrogen-bond donors (Lipinski definition) is 1. The number of piperidine rings is 1. The van der Waals surface area contributed by atoms with Gasteiger partial charge < -0.3 is 5.32 Å². The molecule has 1 atom stereocenters. The van der Waals surface area contributed by atoms with Gasteiger partial charge in [-0.1, -0.05) is 20.3 Å². The van der Waals surface area contributed by atoms with Crippen LogP contribution in [0.25, 0.3) is 0 Å². The quantitative estimate of drug-likeness (QED) is 0.781. The fourth-order valence-electron chi connectivity index (χ4n) is 2.81. The van der Waals surface area contributed by atoms with Gasteiger partial charge in [-0.2, -0.15) is 4.31 Å². The summed E-state index contributed by atoms with van der Waals surface area (Å²) in [4.78, 5) is 1.56. The van der Waals surface area contributed by atoms with E-state index < -0.39 is 10.0 Å². The first-order valence-electron chi connectivity index (χ1n) is 7.89. The molecule has 1 aliphatic rings. The van der Waals surface area contributed by atoms with E-state index in [0.29, 0.717) is 11.4 Å². The molecule has 1 N–H and O–H groups in total. The molecule has 0 radical (unpaired) electrons. The zero-order chi connectivity index (χ0) is 15.3. The van der Waals surface area contributed by atoms with Gasteiger partial charge in [0, 0.05) is 29.4 Å². The molecule has 2 heterocycles. The van der Waals surface area contributed by atoms with E-state index in [2.05, 4.69) is 19.2 Å². The highest BCUT2D eigenvalue weighted by molar-refractivity contribution is 7.89. The number of sulfonamides is 1. The number of nitrogens with one attached hydrogen (secondary N) is 1. The molecule has 0 aliphatic carbocycles. The Hall–Kier alpha value is -0.430. The Morgan fingerprint density at radius 3 is 2.90 bits per heavy atom. The van der Waals surface area contributed by atoms with Gasteiger partial charge in [0.15, 0.2) is 0 Å². The first-order valence-corrected chi connectivity index (χ1v) is 10.2. The third-order valence-electron chi connectivity index (χ3n) is 4.01. The lowest BCUT2D eigenvalue weighted by molar-refractivity contribution is 0.246. The SMILES string of the molecule is CCCNCc1cc(S(=O)(=O)N2CCCCC2CC)cs1. The molecule has 0 amide bonds. The summed E-state index contributed by atoms with van der Waals surface area (Å²) in [6.45, 7) is 6.58. The van der Waals surface area contributed by atoms with E-state index in [9.17, 15) is 8.42 Å². The van der Waals surface area contributed by atoms with E-state index >= 15 is 0 Å². The second kappa shape index (κ2) is 7.72. The van der Waals surface area contributed by atoms with E-state index in [4.69, 9.17) is 0 Å². The molecule has 1 fully saturated rings. The predicted molar refractivity (Wildman–Crippen MR) is 88.1 cm³/mol. The van der Waals surface area contributed by atoms with Gasteiger partial charge in [-0.25, -0.2) is 8.42 Å². The normalized spacial score (nSPS) is 20.8. The van der Waals surface area contributed by atoms with E-state index in [1.54, 1.807) is 9.69 Å². The minimum absolute atomic E-state index is 0.172. The topological polar surface area (TPSA) is 49.4 Å². The molecule has 1 saturated heterocycles. The summed E-state index contributed by atoms with van der Waals surface area (Å²) in [5.74, 6) is 0. The van der Waals surface area contributed by atoms with Gasteiger partial charge in [0.2, 0.25) is 10.0 Å². The lowest BCUT2D eigenvalue weighted by Gasteiger charge is -2.33. The van der Waals surface area contributed by atoms with Crippen molar-refractivity contribution >= 4 is 21.4 Å². The molecular formula is C15H26N2O2S2. The van der Waals surface area contributed by atoms with Gasteiger partial charge in [-0.3, -0.25) is 0 Å². The molecule has 1 aromatic rings. The van der Waals surface area contributed by atoms with Crippen molar-refractivity contribution in [3.63, 3.8) is 0 Å². The Kier molecular flexibility index (Phi) is 6.22. The summed E-state index contributed by atoms with van der Waals surface area (Å²) in [7, 11) is -3.32. The molecule has 1 unspecified atom stereocenters. The average Bonchev–Trinajstić information content (AvgIpc) is 2.97. The number of hydrogen-bond acceptors (Lipinski definition) is 4. The smallest absolute Gasteiger partial charge is 0.244 e. The number of rotatable bonds is 7. The van der Waals surface area contributed by atoms with Crippen LogP contribution in [0.3, 0.4) is 0 Å². The number of nitrogens with zero attached hydrogens (tertiary/aromatic N) is 1. The predicted octanol–water partition coefficient (Wildman–Crippen LogP) is 3.20.